The van der Waals surface area contributed by atoms with Gasteiger partial charge in [-0.05, 0) is 45.7 Å². The van der Waals surface area contributed by atoms with Crippen LogP contribution in [0.1, 0.15) is 33.1 Å². The fourth-order valence-corrected chi connectivity index (χ4v) is 2.05. The van der Waals surface area contributed by atoms with Gasteiger partial charge in [0.05, 0.1) is 0 Å². The van der Waals surface area contributed by atoms with Crippen molar-refractivity contribution in [1.82, 2.24) is 5.32 Å². The lowest BCUT2D eigenvalue weighted by Crippen LogP contribution is -2.26. The molecule has 0 aromatic heterocycles. The molecule has 4 nitrogen and oxygen atoms in total. The number of hydrogen-bond acceptors (Lipinski definition) is 4. The summed E-state index contributed by atoms with van der Waals surface area (Å²) in [5.41, 5.74) is 0. The topological polar surface area (TPSA) is 39.7 Å². The predicted molar refractivity (Wildman–Crippen MR) is 68.1 cm³/mol. The van der Waals surface area contributed by atoms with Gasteiger partial charge in [0.25, 0.3) is 0 Å². The fraction of sp³-hybridized carbons (Fsp3) is 1.00. The third kappa shape index (κ3) is 6.99. The van der Waals surface area contributed by atoms with Crippen LogP contribution in [-0.2, 0) is 14.2 Å². The maximum atomic E-state index is 5.48. The lowest BCUT2D eigenvalue weighted by molar-refractivity contribution is -0.138. The largest absolute Gasteiger partial charge is 0.381 e. The van der Waals surface area contributed by atoms with E-state index in [9.17, 15) is 0 Å². The van der Waals surface area contributed by atoms with Gasteiger partial charge in [0.1, 0.15) is 0 Å². The average molecular weight is 245 g/mol. The number of ether oxygens (including phenoxy) is 3. The van der Waals surface area contributed by atoms with E-state index in [4.69, 9.17) is 14.2 Å². The second-order valence-electron chi connectivity index (χ2n) is 4.40. The first-order valence-corrected chi connectivity index (χ1v) is 6.88. The van der Waals surface area contributed by atoms with Crippen LogP contribution in [0.2, 0.25) is 0 Å². The summed E-state index contributed by atoms with van der Waals surface area (Å²) in [6.07, 6.45) is 3.31. The lowest BCUT2D eigenvalue weighted by atomic mass is 10.1. The summed E-state index contributed by atoms with van der Waals surface area (Å²) in [5, 5.41) is 3.44. The third-order valence-electron chi connectivity index (χ3n) is 3.02. The Hall–Kier alpha value is -0.160. The monoisotopic (exact) mass is 245 g/mol. The van der Waals surface area contributed by atoms with Crippen LogP contribution in [0.3, 0.4) is 0 Å². The second-order valence-corrected chi connectivity index (χ2v) is 4.40. The Labute approximate surface area is 105 Å². The van der Waals surface area contributed by atoms with Gasteiger partial charge in [0.2, 0.25) is 0 Å². The molecule has 4 heteroatoms. The van der Waals surface area contributed by atoms with Crippen molar-refractivity contribution in [3.63, 3.8) is 0 Å². The molecule has 17 heavy (non-hydrogen) atoms. The van der Waals surface area contributed by atoms with Gasteiger partial charge in [-0.1, -0.05) is 0 Å². The first-order valence-electron chi connectivity index (χ1n) is 6.88. The lowest BCUT2D eigenvalue weighted by Gasteiger charge is -2.17. The molecule has 1 N–H and O–H groups in total. The number of hydrogen-bond donors (Lipinski definition) is 1. The van der Waals surface area contributed by atoms with Crippen molar-refractivity contribution in [2.24, 2.45) is 5.92 Å². The zero-order valence-electron chi connectivity index (χ0n) is 11.2. The Bertz CT molecular complexity index is 166. The van der Waals surface area contributed by atoms with Gasteiger partial charge in [-0.2, -0.15) is 0 Å². The van der Waals surface area contributed by atoms with Crippen LogP contribution >= 0.6 is 0 Å². The zero-order valence-corrected chi connectivity index (χ0v) is 11.2. The highest BCUT2D eigenvalue weighted by molar-refractivity contribution is 4.65. The molecule has 1 aliphatic heterocycles. The Balaban J connectivity index is 1.93. The molecule has 1 saturated heterocycles. The summed E-state index contributed by atoms with van der Waals surface area (Å²) in [5.74, 6) is 0.761. The number of nitrogens with one attached hydrogen (secondary N) is 1. The molecule has 1 unspecified atom stereocenters. The first-order chi connectivity index (χ1) is 8.36. The predicted octanol–water partition coefficient (Wildman–Crippen LogP) is 1.79. The Kier molecular flexibility index (Phi) is 8.61. The SMILES string of the molecule is CCOC(CCNCCC1CCOC1)OCC. The average Bonchev–Trinajstić information content (AvgIpc) is 2.82. The summed E-state index contributed by atoms with van der Waals surface area (Å²) in [7, 11) is 0. The van der Waals surface area contributed by atoms with Crippen molar-refractivity contribution in [1.29, 1.82) is 0 Å². The van der Waals surface area contributed by atoms with E-state index in [1.807, 2.05) is 13.8 Å². The molecule has 1 heterocycles. The molecular formula is C13H27NO3. The summed E-state index contributed by atoms with van der Waals surface area (Å²) in [4.78, 5) is 0. The van der Waals surface area contributed by atoms with E-state index in [1.165, 1.54) is 12.8 Å². The minimum Gasteiger partial charge on any atom is -0.381 e. The minimum absolute atomic E-state index is 0.0488. The molecule has 1 rings (SSSR count). The molecule has 1 aliphatic rings. The quantitative estimate of drug-likeness (QED) is 0.470. The van der Waals surface area contributed by atoms with E-state index in [-0.39, 0.29) is 6.29 Å². The highest BCUT2D eigenvalue weighted by Gasteiger charge is 2.14. The van der Waals surface area contributed by atoms with Crippen LogP contribution in [0, 0.1) is 5.92 Å². The molecular weight excluding hydrogens is 218 g/mol. The van der Waals surface area contributed by atoms with Crippen molar-refractivity contribution in [3.05, 3.63) is 0 Å². The van der Waals surface area contributed by atoms with Gasteiger partial charge < -0.3 is 19.5 Å². The normalized spacial score (nSPS) is 20.3. The van der Waals surface area contributed by atoms with Crippen molar-refractivity contribution in [2.45, 2.75) is 39.4 Å². The van der Waals surface area contributed by atoms with Crippen LogP contribution in [0.5, 0.6) is 0 Å². The summed E-state index contributed by atoms with van der Waals surface area (Å²) in [6.45, 7) is 9.34. The van der Waals surface area contributed by atoms with Gasteiger partial charge >= 0.3 is 0 Å². The van der Waals surface area contributed by atoms with E-state index < -0.39 is 0 Å². The highest BCUT2D eigenvalue weighted by Crippen LogP contribution is 2.15. The van der Waals surface area contributed by atoms with Crippen LogP contribution < -0.4 is 5.32 Å². The summed E-state index contributed by atoms with van der Waals surface area (Å²) >= 11 is 0. The van der Waals surface area contributed by atoms with Gasteiger partial charge in [0, 0.05) is 32.8 Å². The third-order valence-corrected chi connectivity index (χ3v) is 3.02. The van der Waals surface area contributed by atoms with Crippen molar-refractivity contribution < 1.29 is 14.2 Å². The van der Waals surface area contributed by atoms with Crippen molar-refractivity contribution >= 4 is 0 Å². The molecule has 1 atom stereocenters. The summed E-state index contributed by atoms with van der Waals surface area (Å²) in [6, 6.07) is 0. The van der Waals surface area contributed by atoms with Crippen molar-refractivity contribution in [2.75, 3.05) is 39.5 Å². The molecule has 1 fully saturated rings. The Morgan fingerprint density at radius 3 is 2.59 bits per heavy atom. The first kappa shape index (κ1) is 14.9. The smallest absolute Gasteiger partial charge is 0.158 e. The number of rotatable bonds is 10. The highest BCUT2D eigenvalue weighted by atomic mass is 16.7. The van der Waals surface area contributed by atoms with E-state index in [2.05, 4.69) is 5.32 Å². The molecule has 0 radical (unpaired) electrons. The molecule has 0 amide bonds. The Morgan fingerprint density at radius 2 is 2.00 bits per heavy atom. The molecule has 0 aromatic carbocycles. The summed E-state index contributed by atoms with van der Waals surface area (Å²) < 4.78 is 16.3. The molecule has 0 aromatic rings. The van der Waals surface area contributed by atoms with Gasteiger partial charge in [-0.25, -0.2) is 0 Å². The minimum atomic E-state index is -0.0488. The van der Waals surface area contributed by atoms with E-state index in [0.717, 1.165) is 38.6 Å². The zero-order chi connectivity index (χ0) is 12.3. The molecule has 0 bridgehead atoms. The molecule has 0 aliphatic carbocycles. The molecule has 0 saturated carbocycles. The standard InChI is InChI=1S/C13H27NO3/c1-3-16-13(17-4-2)6-9-14-8-5-12-7-10-15-11-12/h12-14H,3-11H2,1-2H3. The van der Waals surface area contributed by atoms with Gasteiger partial charge in [0.15, 0.2) is 6.29 Å². The maximum absolute atomic E-state index is 5.48. The van der Waals surface area contributed by atoms with Crippen LogP contribution in [0.4, 0.5) is 0 Å². The van der Waals surface area contributed by atoms with E-state index in [1.54, 1.807) is 0 Å². The van der Waals surface area contributed by atoms with Crippen LogP contribution in [0.15, 0.2) is 0 Å². The molecule has 0 spiro atoms. The second kappa shape index (κ2) is 9.83. The van der Waals surface area contributed by atoms with E-state index >= 15 is 0 Å². The maximum Gasteiger partial charge on any atom is 0.158 e. The van der Waals surface area contributed by atoms with Gasteiger partial charge in [-0.15, -0.1) is 0 Å². The Morgan fingerprint density at radius 1 is 1.24 bits per heavy atom. The van der Waals surface area contributed by atoms with Crippen LogP contribution in [-0.4, -0.2) is 45.8 Å². The van der Waals surface area contributed by atoms with Crippen molar-refractivity contribution in [3.8, 4) is 0 Å². The van der Waals surface area contributed by atoms with Crippen LogP contribution in [0.25, 0.3) is 0 Å². The fourth-order valence-electron chi connectivity index (χ4n) is 2.05. The van der Waals surface area contributed by atoms with Gasteiger partial charge in [-0.3, -0.25) is 0 Å². The van der Waals surface area contributed by atoms with E-state index in [0.29, 0.717) is 13.2 Å². The molecule has 102 valence electrons.